The zero-order valence-corrected chi connectivity index (χ0v) is 11.4. The number of nitrogens with two attached hydrogens (primary N) is 1. The number of hydrogen-bond donors (Lipinski definition) is 1. The van der Waals surface area contributed by atoms with Crippen molar-refractivity contribution in [1.29, 1.82) is 0 Å². The molecule has 2 rings (SSSR count). The first kappa shape index (κ1) is 13.7. The Balaban J connectivity index is 2.14. The quantitative estimate of drug-likeness (QED) is 0.893. The van der Waals surface area contributed by atoms with E-state index < -0.39 is 0 Å². The van der Waals surface area contributed by atoms with Crippen LogP contribution in [0.1, 0.15) is 37.2 Å². The van der Waals surface area contributed by atoms with Gasteiger partial charge in [0.25, 0.3) is 0 Å². The molecule has 0 amide bonds. The van der Waals surface area contributed by atoms with Gasteiger partial charge in [-0.05, 0) is 25.5 Å². The van der Waals surface area contributed by atoms with Gasteiger partial charge in [0.2, 0.25) is 0 Å². The molecule has 0 radical (unpaired) electrons. The molecule has 1 aromatic heterocycles. The van der Waals surface area contributed by atoms with Crippen LogP contribution in [0.5, 0.6) is 0 Å². The van der Waals surface area contributed by atoms with E-state index in [1.165, 1.54) is 0 Å². The van der Waals surface area contributed by atoms with Crippen LogP contribution < -0.4 is 5.73 Å². The van der Waals surface area contributed by atoms with Crippen molar-refractivity contribution in [2.24, 2.45) is 5.73 Å². The number of benzene rings is 1. The molecule has 2 N–H and O–H groups in total. The summed E-state index contributed by atoms with van der Waals surface area (Å²) in [6.45, 7) is 4.00. The van der Waals surface area contributed by atoms with Gasteiger partial charge in [-0.2, -0.15) is 0 Å². The van der Waals surface area contributed by atoms with Crippen molar-refractivity contribution in [2.45, 2.75) is 32.1 Å². The van der Waals surface area contributed by atoms with E-state index in [0.717, 1.165) is 11.1 Å². The second-order valence-electron chi connectivity index (χ2n) is 4.76. The van der Waals surface area contributed by atoms with Gasteiger partial charge in [-0.15, -0.1) is 0 Å². The Kier molecular flexibility index (Phi) is 4.66. The largest absolute Gasteiger partial charge is 0.364 e. The lowest BCUT2D eigenvalue weighted by Gasteiger charge is -2.25. The molecule has 19 heavy (non-hydrogen) atoms. The number of pyridine rings is 1. The van der Waals surface area contributed by atoms with Gasteiger partial charge in [-0.25, -0.2) is 0 Å². The van der Waals surface area contributed by atoms with Gasteiger partial charge in [0.05, 0.1) is 12.2 Å². The van der Waals surface area contributed by atoms with Crippen LogP contribution in [0.2, 0.25) is 0 Å². The van der Waals surface area contributed by atoms with E-state index in [0.29, 0.717) is 0 Å². The third-order valence-corrected chi connectivity index (χ3v) is 3.11. The van der Waals surface area contributed by atoms with Gasteiger partial charge in [-0.3, -0.25) is 4.98 Å². The molecule has 3 unspecified atom stereocenters. The molecule has 0 aliphatic heterocycles. The fraction of sp³-hybridized carbons (Fsp3) is 0.312. The molecule has 0 fully saturated rings. The standard InChI is InChI=1S/C16H20N2O/c1-12(17)16(15-9-6-10-18-11-15)19-13(2)14-7-4-3-5-8-14/h3-13,16H,17H2,1-2H3. The van der Waals surface area contributed by atoms with Crippen LogP contribution in [0.15, 0.2) is 54.9 Å². The lowest BCUT2D eigenvalue weighted by molar-refractivity contribution is -0.0164. The van der Waals surface area contributed by atoms with Crippen LogP contribution in [-0.4, -0.2) is 11.0 Å². The van der Waals surface area contributed by atoms with Gasteiger partial charge < -0.3 is 10.5 Å². The first-order valence-electron chi connectivity index (χ1n) is 6.54. The Labute approximate surface area is 114 Å². The predicted molar refractivity (Wildman–Crippen MR) is 76.6 cm³/mol. The number of ether oxygens (including phenoxy) is 1. The SMILES string of the molecule is CC(OC(c1cccnc1)C(C)N)c1ccccc1. The third-order valence-electron chi connectivity index (χ3n) is 3.11. The van der Waals surface area contributed by atoms with Gasteiger partial charge in [0.15, 0.2) is 0 Å². The van der Waals surface area contributed by atoms with Crippen LogP contribution >= 0.6 is 0 Å². The van der Waals surface area contributed by atoms with Crippen molar-refractivity contribution in [3.63, 3.8) is 0 Å². The average Bonchev–Trinajstić information content (AvgIpc) is 2.46. The van der Waals surface area contributed by atoms with E-state index in [9.17, 15) is 0 Å². The lowest BCUT2D eigenvalue weighted by Crippen LogP contribution is -2.28. The molecular weight excluding hydrogens is 236 g/mol. The summed E-state index contributed by atoms with van der Waals surface area (Å²) in [6.07, 6.45) is 3.41. The Hall–Kier alpha value is -1.71. The normalized spacial score (nSPS) is 15.7. The van der Waals surface area contributed by atoms with Crippen molar-refractivity contribution in [1.82, 2.24) is 4.98 Å². The van der Waals surface area contributed by atoms with Crippen molar-refractivity contribution >= 4 is 0 Å². The maximum absolute atomic E-state index is 6.12. The minimum Gasteiger partial charge on any atom is -0.364 e. The van der Waals surface area contributed by atoms with Gasteiger partial charge >= 0.3 is 0 Å². The zero-order chi connectivity index (χ0) is 13.7. The molecule has 0 saturated carbocycles. The van der Waals surface area contributed by atoms with Crippen LogP contribution in [0.25, 0.3) is 0 Å². The number of aromatic nitrogens is 1. The van der Waals surface area contributed by atoms with Crippen LogP contribution in [0, 0.1) is 0 Å². The molecule has 3 atom stereocenters. The monoisotopic (exact) mass is 256 g/mol. The van der Waals surface area contributed by atoms with Gasteiger partial charge in [0.1, 0.15) is 0 Å². The smallest absolute Gasteiger partial charge is 0.0996 e. The highest BCUT2D eigenvalue weighted by atomic mass is 16.5. The van der Waals surface area contributed by atoms with Crippen molar-refractivity contribution < 1.29 is 4.74 Å². The summed E-state index contributed by atoms with van der Waals surface area (Å²) in [5.74, 6) is 0. The molecule has 1 aromatic carbocycles. The molecule has 3 heteroatoms. The fourth-order valence-corrected chi connectivity index (χ4v) is 2.07. The summed E-state index contributed by atoms with van der Waals surface area (Å²) >= 11 is 0. The summed E-state index contributed by atoms with van der Waals surface area (Å²) in [4.78, 5) is 4.13. The lowest BCUT2D eigenvalue weighted by atomic mass is 10.0. The van der Waals surface area contributed by atoms with Gasteiger partial charge in [0, 0.05) is 24.0 Å². The number of rotatable bonds is 5. The molecule has 0 bridgehead atoms. The summed E-state index contributed by atoms with van der Waals surface area (Å²) in [5, 5.41) is 0. The Morgan fingerprint density at radius 2 is 1.68 bits per heavy atom. The highest BCUT2D eigenvalue weighted by Gasteiger charge is 2.20. The third kappa shape index (κ3) is 3.63. The average molecular weight is 256 g/mol. The predicted octanol–water partition coefficient (Wildman–Crippen LogP) is 3.25. The van der Waals surface area contributed by atoms with E-state index in [-0.39, 0.29) is 18.2 Å². The first-order valence-corrected chi connectivity index (χ1v) is 6.54. The molecule has 100 valence electrons. The second kappa shape index (κ2) is 6.45. The minimum absolute atomic E-state index is 0.00240. The van der Waals surface area contributed by atoms with E-state index >= 15 is 0 Å². The molecule has 2 aromatic rings. The van der Waals surface area contributed by atoms with E-state index in [1.54, 1.807) is 6.20 Å². The molecule has 0 spiro atoms. The Bertz CT molecular complexity index is 485. The molecular formula is C16H20N2O. The topological polar surface area (TPSA) is 48.1 Å². The number of hydrogen-bond acceptors (Lipinski definition) is 3. The first-order chi connectivity index (χ1) is 9.18. The van der Waals surface area contributed by atoms with Crippen molar-refractivity contribution in [2.75, 3.05) is 0 Å². The van der Waals surface area contributed by atoms with Gasteiger partial charge in [-0.1, -0.05) is 36.4 Å². The Morgan fingerprint density at radius 3 is 2.26 bits per heavy atom. The summed E-state index contributed by atoms with van der Waals surface area (Å²) in [5.41, 5.74) is 8.21. The summed E-state index contributed by atoms with van der Waals surface area (Å²) in [6, 6.07) is 14.0. The molecule has 0 aliphatic carbocycles. The maximum Gasteiger partial charge on any atom is 0.0996 e. The van der Waals surface area contributed by atoms with Crippen molar-refractivity contribution in [3.05, 3.63) is 66.0 Å². The van der Waals surface area contributed by atoms with E-state index in [4.69, 9.17) is 10.5 Å². The zero-order valence-electron chi connectivity index (χ0n) is 11.4. The highest BCUT2D eigenvalue weighted by Crippen LogP contribution is 2.27. The minimum atomic E-state index is -0.149. The Morgan fingerprint density at radius 1 is 1.00 bits per heavy atom. The van der Waals surface area contributed by atoms with Crippen molar-refractivity contribution in [3.8, 4) is 0 Å². The summed E-state index contributed by atoms with van der Waals surface area (Å²) in [7, 11) is 0. The van der Waals surface area contributed by atoms with Crippen LogP contribution in [0.3, 0.4) is 0 Å². The van der Waals surface area contributed by atoms with E-state index in [1.807, 2.05) is 50.4 Å². The maximum atomic E-state index is 6.12. The molecule has 3 nitrogen and oxygen atoms in total. The molecule has 0 saturated heterocycles. The van der Waals surface area contributed by atoms with Crippen LogP contribution in [0.4, 0.5) is 0 Å². The summed E-state index contributed by atoms with van der Waals surface area (Å²) < 4.78 is 6.12. The van der Waals surface area contributed by atoms with Crippen LogP contribution in [-0.2, 0) is 4.74 Å². The highest BCUT2D eigenvalue weighted by molar-refractivity contribution is 5.18. The molecule has 1 heterocycles. The fourth-order valence-electron chi connectivity index (χ4n) is 2.07. The second-order valence-corrected chi connectivity index (χ2v) is 4.76. The van der Waals surface area contributed by atoms with E-state index in [2.05, 4.69) is 17.1 Å². The molecule has 0 aliphatic rings. The number of nitrogens with zero attached hydrogens (tertiary/aromatic N) is 1.